The van der Waals surface area contributed by atoms with Crippen molar-refractivity contribution in [2.75, 3.05) is 6.61 Å². The number of nitrogens with one attached hydrogen (secondary N) is 1. The first-order chi connectivity index (χ1) is 10.9. The van der Waals surface area contributed by atoms with Crippen LogP contribution in [0.3, 0.4) is 0 Å². The maximum absolute atomic E-state index is 5.73. The van der Waals surface area contributed by atoms with Gasteiger partial charge in [-0.15, -0.1) is 0 Å². The van der Waals surface area contributed by atoms with E-state index in [2.05, 4.69) is 9.97 Å². The van der Waals surface area contributed by atoms with Crippen LogP contribution in [0.1, 0.15) is 6.92 Å². The van der Waals surface area contributed by atoms with Crippen LogP contribution in [0.4, 0.5) is 0 Å². The molecule has 0 saturated heterocycles. The second-order valence-electron chi connectivity index (χ2n) is 5.04. The molecule has 1 aromatic carbocycles. The molecule has 2 aliphatic rings. The fourth-order valence-corrected chi connectivity index (χ4v) is 2.67. The number of rotatable bonds is 3. The van der Waals surface area contributed by atoms with Crippen LogP contribution in [0.25, 0.3) is 33.7 Å². The van der Waals surface area contributed by atoms with Gasteiger partial charge < -0.3 is 9.72 Å². The lowest BCUT2D eigenvalue weighted by atomic mass is 10.1. The van der Waals surface area contributed by atoms with Crippen molar-refractivity contribution >= 4 is 11.0 Å². The molecule has 108 valence electrons. The van der Waals surface area contributed by atoms with Crippen molar-refractivity contribution in [2.24, 2.45) is 0 Å². The minimum atomic E-state index is 0.572. The van der Waals surface area contributed by atoms with E-state index < -0.39 is 0 Å². The van der Waals surface area contributed by atoms with Crippen molar-refractivity contribution in [3.63, 3.8) is 0 Å². The van der Waals surface area contributed by atoms with Crippen LogP contribution < -0.4 is 4.74 Å². The maximum atomic E-state index is 5.73. The highest BCUT2D eigenvalue weighted by molar-refractivity contribution is 5.89. The van der Waals surface area contributed by atoms with Gasteiger partial charge in [-0.25, -0.2) is 9.97 Å². The number of fused-ring (bicyclic) bond motifs is 2. The van der Waals surface area contributed by atoms with Crippen LogP contribution in [0.15, 0.2) is 54.6 Å². The summed E-state index contributed by atoms with van der Waals surface area (Å²) in [4.78, 5) is 12.7. The molecule has 0 fully saturated rings. The van der Waals surface area contributed by atoms with Crippen LogP contribution in [0.5, 0.6) is 5.88 Å². The molecule has 0 unspecified atom stereocenters. The molecule has 1 aliphatic carbocycles. The first-order valence-corrected chi connectivity index (χ1v) is 7.33. The molecule has 22 heavy (non-hydrogen) atoms. The van der Waals surface area contributed by atoms with E-state index in [1.165, 1.54) is 0 Å². The van der Waals surface area contributed by atoms with E-state index in [-0.39, 0.29) is 0 Å². The number of hydrogen-bond acceptors (Lipinski definition) is 3. The summed E-state index contributed by atoms with van der Waals surface area (Å²) in [6.45, 7) is 2.53. The van der Waals surface area contributed by atoms with E-state index in [0.29, 0.717) is 12.5 Å². The van der Waals surface area contributed by atoms with E-state index in [4.69, 9.17) is 9.72 Å². The lowest BCUT2D eigenvalue weighted by molar-refractivity contribution is 0.330. The average Bonchev–Trinajstić information content (AvgIpc) is 3.01. The fourth-order valence-electron chi connectivity index (χ4n) is 2.67. The summed E-state index contributed by atoms with van der Waals surface area (Å²) in [5.41, 5.74) is 4.81. The van der Waals surface area contributed by atoms with Crippen LogP contribution in [0, 0.1) is 0 Å². The fraction of sp³-hybridized carbons (Fsp3) is 0.111. The smallest absolute Gasteiger partial charge is 0.225 e. The lowest BCUT2D eigenvalue weighted by Gasteiger charge is -2.01. The van der Waals surface area contributed by atoms with Crippen molar-refractivity contribution in [3.05, 3.63) is 54.6 Å². The number of benzene rings is 1. The third kappa shape index (κ3) is 2.00. The molecule has 0 bridgehead atoms. The Morgan fingerprint density at radius 1 is 0.955 bits per heavy atom. The molecule has 1 aromatic heterocycles. The molecule has 2 heterocycles. The molecule has 0 amide bonds. The van der Waals surface area contributed by atoms with Gasteiger partial charge in [0.25, 0.3) is 0 Å². The summed E-state index contributed by atoms with van der Waals surface area (Å²) in [6.07, 6.45) is 0. The zero-order chi connectivity index (χ0) is 14.9. The molecule has 1 N–H and O–H groups in total. The largest absolute Gasteiger partial charge is 0.477 e. The van der Waals surface area contributed by atoms with Gasteiger partial charge in [0.1, 0.15) is 5.82 Å². The number of ether oxygens (including phenoxy) is 1. The second-order valence-corrected chi connectivity index (χ2v) is 5.04. The summed E-state index contributed by atoms with van der Waals surface area (Å²) in [5.74, 6) is 1.42. The van der Waals surface area contributed by atoms with Crippen molar-refractivity contribution in [3.8, 4) is 28.5 Å². The number of aromatic nitrogens is 3. The maximum Gasteiger partial charge on any atom is 0.225 e. The Morgan fingerprint density at radius 2 is 1.77 bits per heavy atom. The molecular formula is C18H15N3O. The SMILES string of the molecule is CCOc1nc2cccccc-2c1-c1nc2ccccc2[nH]1. The van der Waals surface area contributed by atoms with Crippen LogP contribution >= 0.6 is 0 Å². The van der Waals surface area contributed by atoms with Gasteiger partial charge in [0.2, 0.25) is 5.88 Å². The predicted molar refractivity (Wildman–Crippen MR) is 87.1 cm³/mol. The highest BCUT2D eigenvalue weighted by Gasteiger charge is 2.22. The van der Waals surface area contributed by atoms with Crippen LogP contribution in [-0.4, -0.2) is 21.6 Å². The second kappa shape index (κ2) is 5.15. The Morgan fingerprint density at radius 3 is 2.64 bits per heavy atom. The average molecular weight is 289 g/mol. The van der Waals surface area contributed by atoms with E-state index in [1.807, 2.05) is 61.5 Å². The molecule has 1 aliphatic heterocycles. The van der Waals surface area contributed by atoms with Gasteiger partial charge in [-0.2, -0.15) is 0 Å². The van der Waals surface area contributed by atoms with Crippen molar-refractivity contribution in [1.82, 2.24) is 15.0 Å². The minimum Gasteiger partial charge on any atom is -0.477 e. The quantitative estimate of drug-likeness (QED) is 0.617. The number of hydrogen-bond donors (Lipinski definition) is 1. The van der Waals surface area contributed by atoms with Gasteiger partial charge in [-0.3, -0.25) is 0 Å². The number of imidazole rings is 1. The van der Waals surface area contributed by atoms with Crippen molar-refractivity contribution < 1.29 is 4.74 Å². The Bertz CT molecular complexity index is 880. The van der Waals surface area contributed by atoms with Gasteiger partial charge in [-0.05, 0) is 25.1 Å². The highest BCUT2D eigenvalue weighted by Crippen LogP contribution is 2.40. The van der Waals surface area contributed by atoms with Crippen molar-refractivity contribution in [1.29, 1.82) is 0 Å². The number of H-pyrrole nitrogens is 1. The summed E-state index contributed by atoms with van der Waals surface area (Å²) in [7, 11) is 0. The molecule has 4 nitrogen and oxygen atoms in total. The topological polar surface area (TPSA) is 50.8 Å². The van der Waals surface area contributed by atoms with Gasteiger partial charge in [0.15, 0.2) is 0 Å². The minimum absolute atomic E-state index is 0.572. The summed E-state index contributed by atoms with van der Waals surface area (Å²) in [5, 5.41) is 0. The summed E-state index contributed by atoms with van der Waals surface area (Å²) in [6, 6.07) is 18.0. The Balaban J connectivity index is 1.99. The zero-order valence-electron chi connectivity index (χ0n) is 12.2. The Kier molecular flexibility index (Phi) is 3.00. The summed E-state index contributed by atoms with van der Waals surface area (Å²) < 4.78 is 5.73. The van der Waals surface area contributed by atoms with Crippen LogP contribution in [-0.2, 0) is 0 Å². The monoisotopic (exact) mass is 289 g/mol. The Labute approximate surface area is 128 Å². The molecule has 2 aromatic rings. The zero-order valence-corrected chi connectivity index (χ0v) is 12.2. The normalized spacial score (nSPS) is 11.1. The highest BCUT2D eigenvalue weighted by atomic mass is 16.5. The van der Waals surface area contributed by atoms with Crippen LogP contribution in [0.2, 0.25) is 0 Å². The first-order valence-electron chi connectivity index (χ1n) is 7.33. The summed E-state index contributed by atoms with van der Waals surface area (Å²) >= 11 is 0. The van der Waals surface area contributed by atoms with Gasteiger partial charge >= 0.3 is 0 Å². The first kappa shape index (κ1) is 12.8. The van der Waals surface area contributed by atoms with E-state index in [9.17, 15) is 0 Å². The number of para-hydroxylation sites is 2. The third-order valence-corrected chi connectivity index (χ3v) is 3.63. The molecule has 4 heteroatoms. The molecule has 0 spiro atoms. The van der Waals surface area contributed by atoms with Gasteiger partial charge in [0.05, 0.1) is 28.9 Å². The van der Waals surface area contributed by atoms with E-state index in [1.54, 1.807) is 0 Å². The molecule has 0 saturated carbocycles. The number of nitrogens with zero attached hydrogens (tertiary/aromatic N) is 2. The van der Waals surface area contributed by atoms with Crippen molar-refractivity contribution in [2.45, 2.75) is 6.92 Å². The van der Waals surface area contributed by atoms with Gasteiger partial charge in [-0.1, -0.05) is 36.4 Å². The Hall–Kier alpha value is -2.88. The lowest BCUT2D eigenvalue weighted by Crippen LogP contribution is -1.93. The number of aromatic amines is 1. The standard InChI is InChI=1S/C18H15N3O/c1-2-22-18-16(12-8-4-3-5-9-13(12)21-18)17-19-14-10-6-7-11-15(14)20-17/h3-11H,2H2,1H3,(H,19,20). The molecular weight excluding hydrogens is 274 g/mol. The molecule has 0 atom stereocenters. The van der Waals surface area contributed by atoms with Gasteiger partial charge in [0, 0.05) is 5.56 Å². The predicted octanol–water partition coefficient (Wildman–Crippen LogP) is 4.13. The molecule has 0 radical (unpaired) electrons. The van der Waals surface area contributed by atoms with E-state index >= 15 is 0 Å². The van der Waals surface area contributed by atoms with E-state index in [0.717, 1.165) is 33.7 Å². The third-order valence-electron chi connectivity index (χ3n) is 3.63. The molecule has 4 rings (SSSR count).